The van der Waals surface area contributed by atoms with Gasteiger partial charge in [0.2, 0.25) is 0 Å². The number of ketones is 1. The van der Waals surface area contributed by atoms with Crippen LogP contribution in [0.15, 0.2) is 30.3 Å². The molecule has 2 heteroatoms. The highest BCUT2D eigenvalue weighted by Crippen LogP contribution is 2.31. The van der Waals surface area contributed by atoms with Crippen LogP contribution in [-0.2, 0) is 11.2 Å². The molecule has 2 rings (SSSR count). The van der Waals surface area contributed by atoms with E-state index >= 15 is 0 Å². The number of hydrogen-bond acceptors (Lipinski definition) is 2. The standard InChI is InChI=1S/C14H19NO/c1-12(16)14(8-5-9-15-11-14)10-13-6-3-2-4-7-13/h2-4,6-7,15H,5,8-11H2,1H3. The van der Waals surface area contributed by atoms with Crippen molar-refractivity contribution < 1.29 is 4.79 Å². The molecule has 1 aliphatic heterocycles. The average Bonchev–Trinajstić information content (AvgIpc) is 2.31. The van der Waals surface area contributed by atoms with Gasteiger partial charge in [0.1, 0.15) is 5.78 Å². The van der Waals surface area contributed by atoms with Crippen molar-refractivity contribution in [3.05, 3.63) is 35.9 Å². The summed E-state index contributed by atoms with van der Waals surface area (Å²) in [4.78, 5) is 11.9. The van der Waals surface area contributed by atoms with Crippen molar-refractivity contribution in [1.82, 2.24) is 5.32 Å². The minimum absolute atomic E-state index is 0.167. The van der Waals surface area contributed by atoms with Crippen LogP contribution in [0.4, 0.5) is 0 Å². The summed E-state index contributed by atoms with van der Waals surface area (Å²) in [5, 5.41) is 3.36. The molecule has 0 spiro atoms. The molecule has 2 nitrogen and oxygen atoms in total. The third kappa shape index (κ3) is 2.33. The lowest BCUT2D eigenvalue weighted by atomic mass is 9.73. The molecule has 1 N–H and O–H groups in total. The Balaban J connectivity index is 2.17. The second-order valence-corrected chi connectivity index (χ2v) is 4.78. The van der Waals surface area contributed by atoms with Crippen molar-refractivity contribution in [3.8, 4) is 0 Å². The highest BCUT2D eigenvalue weighted by molar-refractivity contribution is 5.83. The molecular formula is C14H19NO. The monoisotopic (exact) mass is 217 g/mol. The summed E-state index contributed by atoms with van der Waals surface area (Å²) < 4.78 is 0. The Labute approximate surface area is 97.1 Å². The second-order valence-electron chi connectivity index (χ2n) is 4.78. The quantitative estimate of drug-likeness (QED) is 0.841. The lowest BCUT2D eigenvalue weighted by molar-refractivity contribution is -0.127. The fraction of sp³-hybridized carbons (Fsp3) is 0.500. The highest BCUT2D eigenvalue weighted by atomic mass is 16.1. The molecule has 1 fully saturated rings. The van der Waals surface area contributed by atoms with Gasteiger partial charge < -0.3 is 5.32 Å². The van der Waals surface area contributed by atoms with Gasteiger partial charge in [0.15, 0.2) is 0 Å². The van der Waals surface area contributed by atoms with Crippen LogP contribution in [0.25, 0.3) is 0 Å². The second kappa shape index (κ2) is 4.79. The smallest absolute Gasteiger partial charge is 0.137 e. The van der Waals surface area contributed by atoms with E-state index in [0.717, 1.165) is 32.4 Å². The highest BCUT2D eigenvalue weighted by Gasteiger charge is 2.36. The summed E-state index contributed by atoms with van der Waals surface area (Å²) in [6.45, 7) is 3.61. The molecule has 86 valence electrons. The van der Waals surface area contributed by atoms with Crippen molar-refractivity contribution >= 4 is 5.78 Å². The summed E-state index contributed by atoms with van der Waals surface area (Å²) in [5.41, 5.74) is 1.10. The third-order valence-corrected chi connectivity index (χ3v) is 3.60. The first-order valence-electron chi connectivity index (χ1n) is 5.99. The first kappa shape index (κ1) is 11.3. The van der Waals surface area contributed by atoms with Crippen LogP contribution in [0.2, 0.25) is 0 Å². The Hall–Kier alpha value is -1.15. The topological polar surface area (TPSA) is 29.1 Å². The zero-order valence-electron chi connectivity index (χ0n) is 9.83. The Kier molecular flexibility index (Phi) is 3.39. The molecule has 1 atom stereocenters. The van der Waals surface area contributed by atoms with Gasteiger partial charge in [-0.1, -0.05) is 30.3 Å². The molecule has 1 aromatic carbocycles. The number of carbonyl (C=O) groups is 1. The van der Waals surface area contributed by atoms with E-state index in [0.29, 0.717) is 5.78 Å². The molecule has 0 radical (unpaired) electrons. The first-order chi connectivity index (χ1) is 7.73. The van der Waals surface area contributed by atoms with Gasteiger partial charge in [0.25, 0.3) is 0 Å². The van der Waals surface area contributed by atoms with Crippen LogP contribution >= 0.6 is 0 Å². The largest absolute Gasteiger partial charge is 0.316 e. The van der Waals surface area contributed by atoms with E-state index in [9.17, 15) is 4.79 Å². The van der Waals surface area contributed by atoms with E-state index < -0.39 is 0 Å². The fourth-order valence-corrected chi connectivity index (χ4v) is 2.53. The summed E-state index contributed by atoms with van der Waals surface area (Å²) in [6, 6.07) is 10.3. The Bertz CT molecular complexity index is 352. The van der Waals surface area contributed by atoms with Crippen molar-refractivity contribution in [2.24, 2.45) is 5.41 Å². The lowest BCUT2D eigenvalue weighted by Crippen LogP contribution is -2.46. The molecular weight excluding hydrogens is 198 g/mol. The maximum absolute atomic E-state index is 11.9. The number of benzene rings is 1. The number of piperidine rings is 1. The third-order valence-electron chi connectivity index (χ3n) is 3.60. The number of hydrogen-bond donors (Lipinski definition) is 1. The van der Waals surface area contributed by atoms with E-state index in [-0.39, 0.29) is 5.41 Å². The van der Waals surface area contributed by atoms with Crippen LogP contribution in [-0.4, -0.2) is 18.9 Å². The van der Waals surface area contributed by atoms with Crippen LogP contribution in [0.1, 0.15) is 25.3 Å². The Morgan fingerprint density at radius 1 is 1.38 bits per heavy atom. The molecule has 1 aliphatic rings. The van der Waals surface area contributed by atoms with Crippen molar-refractivity contribution in [2.75, 3.05) is 13.1 Å². The van der Waals surface area contributed by atoms with E-state index in [1.54, 1.807) is 6.92 Å². The Morgan fingerprint density at radius 2 is 2.12 bits per heavy atom. The predicted octanol–water partition coefficient (Wildman–Crippen LogP) is 2.19. The van der Waals surface area contributed by atoms with Crippen molar-refractivity contribution in [2.45, 2.75) is 26.2 Å². The molecule has 1 saturated heterocycles. The van der Waals surface area contributed by atoms with E-state index in [4.69, 9.17) is 0 Å². The van der Waals surface area contributed by atoms with Crippen molar-refractivity contribution in [1.29, 1.82) is 0 Å². The van der Waals surface area contributed by atoms with E-state index in [1.807, 2.05) is 18.2 Å². The number of Topliss-reactive ketones (excluding diaryl/α,β-unsaturated/α-hetero) is 1. The van der Waals surface area contributed by atoms with Crippen LogP contribution in [0.5, 0.6) is 0 Å². The normalized spacial score (nSPS) is 25.3. The molecule has 0 bridgehead atoms. The molecule has 1 heterocycles. The predicted molar refractivity (Wildman–Crippen MR) is 65.4 cm³/mol. The maximum Gasteiger partial charge on any atom is 0.137 e. The maximum atomic E-state index is 11.9. The number of carbonyl (C=O) groups excluding carboxylic acids is 1. The molecule has 1 aromatic rings. The van der Waals surface area contributed by atoms with Gasteiger partial charge in [-0.2, -0.15) is 0 Å². The molecule has 0 amide bonds. The number of rotatable bonds is 3. The van der Waals surface area contributed by atoms with Gasteiger partial charge in [-0.15, -0.1) is 0 Å². The van der Waals surface area contributed by atoms with E-state index in [2.05, 4.69) is 17.4 Å². The van der Waals surface area contributed by atoms with Gasteiger partial charge in [-0.05, 0) is 38.3 Å². The molecule has 0 aromatic heterocycles. The molecule has 1 unspecified atom stereocenters. The van der Waals surface area contributed by atoms with Crippen LogP contribution in [0.3, 0.4) is 0 Å². The minimum atomic E-state index is -0.167. The summed E-state index contributed by atoms with van der Waals surface area (Å²) in [7, 11) is 0. The SMILES string of the molecule is CC(=O)C1(Cc2ccccc2)CCCNC1. The van der Waals surface area contributed by atoms with Gasteiger partial charge in [0.05, 0.1) is 0 Å². The van der Waals surface area contributed by atoms with Gasteiger partial charge in [-0.25, -0.2) is 0 Å². The lowest BCUT2D eigenvalue weighted by Gasteiger charge is -2.35. The molecule has 0 aliphatic carbocycles. The zero-order chi connectivity index (χ0) is 11.4. The summed E-state index contributed by atoms with van der Waals surface area (Å²) in [5.74, 6) is 0.323. The van der Waals surface area contributed by atoms with Gasteiger partial charge >= 0.3 is 0 Å². The van der Waals surface area contributed by atoms with Crippen LogP contribution in [0, 0.1) is 5.41 Å². The summed E-state index contributed by atoms with van der Waals surface area (Å²) >= 11 is 0. The minimum Gasteiger partial charge on any atom is -0.316 e. The Morgan fingerprint density at radius 3 is 2.69 bits per heavy atom. The van der Waals surface area contributed by atoms with Gasteiger partial charge in [-0.3, -0.25) is 4.79 Å². The molecule has 0 saturated carbocycles. The van der Waals surface area contributed by atoms with Gasteiger partial charge in [0, 0.05) is 12.0 Å². The molecule has 16 heavy (non-hydrogen) atoms. The number of nitrogens with one attached hydrogen (secondary N) is 1. The summed E-state index contributed by atoms with van der Waals surface area (Å²) in [6.07, 6.45) is 2.99. The average molecular weight is 217 g/mol. The van der Waals surface area contributed by atoms with Crippen LogP contribution < -0.4 is 5.32 Å². The first-order valence-corrected chi connectivity index (χ1v) is 5.99. The van der Waals surface area contributed by atoms with E-state index in [1.165, 1.54) is 5.56 Å². The van der Waals surface area contributed by atoms with Crippen molar-refractivity contribution in [3.63, 3.8) is 0 Å². The fourth-order valence-electron chi connectivity index (χ4n) is 2.53. The zero-order valence-corrected chi connectivity index (χ0v) is 9.83.